The Bertz CT molecular complexity index is 538. The SMILES string of the molecule is CCCCC[C@H](O)/C=C/C1CCC(=O)[C@@H]1CCCCCCC(=O)NC(CO)(CO)CO. The lowest BCUT2D eigenvalue weighted by Crippen LogP contribution is -2.57. The molecule has 1 aliphatic carbocycles. The summed E-state index contributed by atoms with van der Waals surface area (Å²) >= 11 is 0. The van der Waals surface area contributed by atoms with Crippen molar-refractivity contribution in [2.75, 3.05) is 19.8 Å². The molecule has 5 N–H and O–H groups in total. The van der Waals surface area contributed by atoms with Crippen molar-refractivity contribution < 1.29 is 30.0 Å². The van der Waals surface area contributed by atoms with Crippen LogP contribution in [0.1, 0.15) is 84.0 Å². The number of carbonyl (C=O) groups excluding carboxylic acids is 2. The molecule has 7 nitrogen and oxygen atoms in total. The van der Waals surface area contributed by atoms with Crippen molar-refractivity contribution in [1.29, 1.82) is 0 Å². The first-order valence-corrected chi connectivity index (χ1v) is 11.9. The molecule has 1 fully saturated rings. The van der Waals surface area contributed by atoms with Gasteiger partial charge in [0.2, 0.25) is 5.91 Å². The molecule has 0 bridgehead atoms. The number of amides is 1. The molecule has 3 atom stereocenters. The topological polar surface area (TPSA) is 127 Å². The highest BCUT2D eigenvalue weighted by Crippen LogP contribution is 2.34. The maximum absolute atomic E-state index is 12.3. The second kappa shape index (κ2) is 15.5. The van der Waals surface area contributed by atoms with Crippen molar-refractivity contribution in [2.45, 2.75) is 95.6 Å². The fraction of sp³-hybridized carbons (Fsp3) is 0.833. The highest BCUT2D eigenvalue weighted by atomic mass is 16.3. The summed E-state index contributed by atoms with van der Waals surface area (Å²) in [6.07, 6.45) is 13.5. The minimum Gasteiger partial charge on any atom is -0.394 e. The van der Waals surface area contributed by atoms with Crippen LogP contribution < -0.4 is 5.32 Å². The maximum atomic E-state index is 12.3. The maximum Gasteiger partial charge on any atom is 0.220 e. The van der Waals surface area contributed by atoms with E-state index < -0.39 is 31.5 Å². The monoisotopic (exact) mass is 441 g/mol. The molecule has 0 aromatic heterocycles. The molecule has 0 heterocycles. The zero-order valence-corrected chi connectivity index (χ0v) is 19.1. The average Bonchev–Trinajstić information content (AvgIpc) is 3.12. The van der Waals surface area contributed by atoms with E-state index in [0.717, 1.165) is 57.8 Å². The summed E-state index contributed by atoms with van der Waals surface area (Å²) in [6, 6.07) is 0. The Kier molecular flexibility index (Phi) is 13.9. The van der Waals surface area contributed by atoms with Gasteiger partial charge in [0.05, 0.1) is 25.9 Å². The molecule has 0 aliphatic heterocycles. The number of aliphatic hydroxyl groups excluding tert-OH is 4. The number of hydrogen-bond acceptors (Lipinski definition) is 6. The third-order valence-corrected chi connectivity index (χ3v) is 6.32. The summed E-state index contributed by atoms with van der Waals surface area (Å²) in [5, 5.41) is 40.3. The molecule has 0 aromatic rings. The molecular formula is C24H43NO6. The zero-order chi connectivity index (χ0) is 23.1. The van der Waals surface area contributed by atoms with E-state index in [0.29, 0.717) is 18.6 Å². The first-order chi connectivity index (χ1) is 14.9. The molecule has 0 saturated heterocycles. The normalized spacial score (nSPS) is 20.5. The van der Waals surface area contributed by atoms with Crippen LogP contribution in [-0.4, -0.2) is 63.6 Å². The Morgan fingerprint density at radius 2 is 1.77 bits per heavy atom. The lowest BCUT2D eigenvalue weighted by Gasteiger charge is -2.28. The van der Waals surface area contributed by atoms with Crippen molar-refractivity contribution in [1.82, 2.24) is 5.32 Å². The number of Topliss-reactive ketones (excluding diaryl/α,β-unsaturated/α-hetero) is 1. The van der Waals surface area contributed by atoms with Crippen LogP contribution in [0.3, 0.4) is 0 Å². The van der Waals surface area contributed by atoms with Crippen LogP contribution in [0.4, 0.5) is 0 Å². The van der Waals surface area contributed by atoms with Crippen LogP contribution in [0.5, 0.6) is 0 Å². The van der Waals surface area contributed by atoms with Gasteiger partial charge in [-0.1, -0.05) is 57.6 Å². The summed E-state index contributed by atoms with van der Waals surface area (Å²) in [6.45, 7) is 0.577. The standard InChI is InChI=1S/C24H43NO6/c1-2-3-6-9-20(29)14-12-19-13-15-22(30)21(19)10-7-4-5-8-11-23(31)25-24(16-26,17-27)18-28/h12,14,19-21,26-29H,2-11,13,15-18H2,1H3,(H,25,31)/b14-12+/t19?,20-,21+/m0/s1. The lowest BCUT2D eigenvalue weighted by atomic mass is 9.89. The molecule has 1 unspecified atom stereocenters. The Hall–Kier alpha value is -1.28. The van der Waals surface area contributed by atoms with Gasteiger partial charge in [-0.05, 0) is 31.6 Å². The van der Waals surface area contributed by atoms with E-state index in [4.69, 9.17) is 0 Å². The average molecular weight is 442 g/mol. The number of hydrogen-bond donors (Lipinski definition) is 5. The van der Waals surface area contributed by atoms with Crippen LogP contribution in [0.15, 0.2) is 12.2 Å². The Morgan fingerprint density at radius 3 is 2.42 bits per heavy atom. The molecule has 7 heteroatoms. The van der Waals surface area contributed by atoms with Crippen LogP contribution in [0.25, 0.3) is 0 Å². The summed E-state index contributed by atoms with van der Waals surface area (Å²) in [5.74, 6) is 0.290. The minimum absolute atomic E-state index is 0.0432. The van der Waals surface area contributed by atoms with Gasteiger partial charge in [-0.3, -0.25) is 9.59 Å². The zero-order valence-electron chi connectivity index (χ0n) is 19.1. The molecular weight excluding hydrogens is 398 g/mol. The molecule has 0 radical (unpaired) electrons. The van der Waals surface area contributed by atoms with Gasteiger partial charge < -0.3 is 25.7 Å². The van der Waals surface area contributed by atoms with Gasteiger partial charge in [-0.15, -0.1) is 0 Å². The van der Waals surface area contributed by atoms with E-state index in [2.05, 4.69) is 12.2 Å². The molecule has 1 rings (SSSR count). The fourth-order valence-corrected chi connectivity index (χ4v) is 4.14. The fourth-order valence-electron chi connectivity index (χ4n) is 4.14. The van der Waals surface area contributed by atoms with E-state index >= 15 is 0 Å². The number of ketones is 1. The van der Waals surface area contributed by atoms with Crippen molar-refractivity contribution in [3.63, 3.8) is 0 Å². The highest BCUT2D eigenvalue weighted by Gasteiger charge is 2.32. The van der Waals surface area contributed by atoms with Crippen molar-refractivity contribution in [3.05, 3.63) is 12.2 Å². The number of aliphatic hydroxyl groups is 4. The first-order valence-electron chi connectivity index (χ1n) is 11.9. The van der Waals surface area contributed by atoms with Gasteiger partial charge in [-0.25, -0.2) is 0 Å². The van der Waals surface area contributed by atoms with Crippen molar-refractivity contribution >= 4 is 11.7 Å². The van der Waals surface area contributed by atoms with E-state index in [1.807, 2.05) is 12.2 Å². The molecule has 0 spiro atoms. The molecule has 1 amide bonds. The predicted octanol–water partition coefficient (Wildman–Crippen LogP) is 2.25. The second-order valence-electron chi connectivity index (χ2n) is 8.98. The smallest absolute Gasteiger partial charge is 0.220 e. The summed E-state index contributed by atoms with van der Waals surface area (Å²) < 4.78 is 0. The Balaban J connectivity index is 2.27. The first kappa shape index (κ1) is 27.8. The Morgan fingerprint density at radius 1 is 1.10 bits per heavy atom. The van der Waals surface area contributed by atoms with E-state index in [1.54, 1.807) is 0 Å². The number of nitrogens with one attached hydrogen (secondary N) is 1. The van der Waals surface area contributed by atoms with Gasteiger partial charge in [0.1, 0.15) is 11.3 Å². The summed E-state index contributed by atoms with van der Waals surface area (Å²) in [4.78, 5) is 24.2. The largest absolute Gasteiger partial charge is 0.394 e. The second-order valence-corrected chi connectivity index (χ2v) is 8.98. The van der Waals surface area contributed by atoms with Gasteiger partial charge in [0.25, 0.3) is 0 Å². The van der Waals surface area contributed by atoms with Crippen molar-refractivity contribution in [2.24, 2.45) is 11.8 Å². The predicted molar refractivity (Wildman–Crippen MR) is 120 cm³/mol. The van der Waals surface area contributed by atoms with Gasteiger partial charge in [0, 0.05) is 18.8 Å². The van der Waals surface area contributed by atoms with E-state index in [9.17, 15) is 30.0 Å². The molecule has 31 heavy (non-hydrogen) atoms. The lowest BCUT2D eigenvalue weighted by molar-refractivity contribution is -0.125. The molecule has 180 valence electrons. The summed E-state index contributed by atoms with van der Waals surface area (Å²) in [5.41, 5.74) is -1.37. The number of rotatable bonds is 17. The van der Waals surface area contributed by atoms with Crippen LogP contribution in [-0.2, 0) is 9.59 Å². The third-order valence-electron chi connectivity index (χ3n) is 6.32. The summed E-state index contributed by atoms with van der Waals surface area (Å²) in [7, 11) is 0. The number of unbranched alkanes of at least 4 members (excludes halogenated alkanes) is 5. The van der Waals surface area contributed by atoms with Crippen LogP contribution in [0, 0.1) is 11.8 Å². The van der Waals surface area contributed by atoms with Gasteiger partial charge >= 0.3 is 0 Å². The molecule has 1 saturated carbocycles. The third kappa shape index (κ3) is 10.3. The van der Waals surface area contributed by atoms with E-state index in [1.165, 1.54) is 0 Å². The Labute approximate surface area is 186 Å². The van der Waals surface area contributed by atoms with Gasteiger partial charge in [0.15, 0.2) is 0 Å². The number of carbonyl (C=O) groups is 2. The highest BCUT2D eigenvalue weighted by molar-refractivity contribution is 5.83. The van der Waals surface area contributed by atoms with Crippen LogP contribution >= 0.6 is 0 Å². The van der Waals surface area contributed by atoms with Crippen LogP contribution in [0.2, 0.25) is 0 Å². The van der Waals surface area contributed by atoms with E-state index in [-0.39, 0.29) is 24.2 Å². The quantitative estimate of drug-likeness (QED) is 0.174. The molecule has 1 aliphatic rings. The minimum atomic E-state index is -1.37. The number of allylic oxidation sites excluding steroid dienone is 1. The molecule has 0 aromatic carbocycles. The van der Waals surface area contributed by atoms with Crippen molar-refractivity contribution in [3.8, 4) is 0 Å². The van der Waals surface area contributed by atoms with Gasteiger partial charge in [-0.2, -0.15) is 0 Å².